The Balaban J connectivity index is 3.87. The highest BCUT2D eigenvalue weighted by molar-refractivity contribution is 7.85. The first-order chi connectivity index (χ1) is 25.8. The lowest BCUT2D eigenvalue weighted by Gasteiger charge is -2.21. The summed E-state index contributed by atoms with van der Waals surface area (Å²) in [4.78, 5) is 12.5. The van der Waals surface area contributed by atoms with Crippen molar-refractivity contribution >= 4 is 16.0 Å². The van der Waals surface area contributed by atoms with Crippen LogP contribution in [0, 0.1) is 0 Å². The highest BCUT2D eigenvalue weighted by Gasteiger charge is 2.24. The van der Waals surface area contributed by atoms with E-state index in [2.05, 4.69) is 31.3 Å². The molecule has 7 heteroatoms. The number of carbonyl (C=O) groups excluding carboxylic acids is 1. The van der Waals surface area contributed by atoms with Crippen molar-refractivity contribution in [3.8, 4) is 0 Å². The van der Waals surface area contributed by atoms with Crippen molar-refractivity contribution in [2.24, 2.45) is 0 Å². The zero-order valence-corrected chi connectivity index (χ0v) is 36.0. The van der Waals surface area contributed by atoms with Gasteiger partial charge in [-0.2, -0.15) is 8.42 Å². The Bertz CT molecular complexity index is 934. The van der Waals surface area contributed by atoms with Crippen molar-refractivity contribution in [2.45, 2.75) is 257 Å². The van der Waals surface area contributed by atoms with E-state index in [-0.39, 0.29) is 5.91 Å². The molecule has 3 N–H and O–H groups in total. The molecule has 0 saturated carbocycles. The molecule has 0 aliphatic carbocycles. The van der Waals surface area contributed by atoms with Crippen LogP contribution in [-0.2, 0) is 14.9 Å². The van der Waals surface area contributed by atoms with Crippen LogP contribution in [0.3, 0.4) is 0 Å². The van der Waals surface area contributed by atoms with Gasteiger partial charge in [0.05, 0.1) is 17.9 Å². The first-order valence-electron chi connectivity index (χ1n) is 23.0. The molecule has 0 radical (unpaired) electrons. The molecule has 0 aromatic rings. The third-order valence-electron chi connectivity index (χ3n) is 10.6. The van der Waals surface area contributed by atoms with E-state index in [0.29, 0.717) is 6.42 Å². The van der Waals surface area contributed by atoms with Gasteiger partial charge in [-0.25, -0.2) is 0 Å². The number of amides is 1. The van der Waals surface area contributed by atoms with Crippen LogP contribution in [0.15, 0.2) is 24.3 Å². The van der Waals surface area contributed by atoms with Gasteiger partial charge in [-0.3, -0.25) is 9.35 Å². The third-order valence-corrected chi connectivity index (χ3v) is 11.4. The SMILES string of the molecule is CCCCCCCCCCCCCCCCC/C=C/CC/C=C/C(O)C(CS(=O)(=O)O)NC(=O)CCCCCCCCCCCCCCCCCCC. The van der Waals surface area contributed by atoms with Crippen molar-refractivity contribution in [1.82, 2.24) is 5.32 Å². The largest absolute Gasteiger partial charge is 0.387 e. The van der Waals surface area contributed by atoms with Crippen molar-refractivity contribution in [3.05, 3.63) is 24.3 Å². The maximum atomic E-state index is 12.5. The Morgan fingerprint density at radius 2 is 0.811 bits per heavy atom. The summed E-state index contributed by atoms with van der Waals surface area (Å²) in [5.74, 6) is -0.989. The van der Waals surface area contributed by atoms with Crippen LogP contribution in [0.5, 0.6) is 0 Å². The molecule has 0 heterocycles. The lowest BCUT2D eigenvalue weighted by atomic mass is 10.0. The highest BCUT2D eigenvalue weighted by Crippen LogP contribution is 2.16. The molecule has 53 heavy (non-hydrogen) atoms. The second-order valence-corrected chi connectivity index (χ2v) is 17.5. The average Bonchev–Trinajstić information content (AvgIpc) is 3.12. The van der Waals surface area contributed by atoms with Gasteiger partial charge in [-0.05, 0) is 32.1 Å². The normalized spacial score (nSPS) is 13.4. The molecule has 0 spiro atoms. The summed E-state index contributed by atoms with van der Waals surface area (Å²) in [7, 11) is -4.35. The van der Waals surface area contributed by atoms with Gasteiger partial charge < -0.3 is 10.4 Å². The van der Waals surface area contributed by atoms with Crippen molar-refractivity contribution in [2.75, 3.05) is 5.75 Å². The molecule has 0 fully saturated rings. The monoisotopic (exact) mass is 768 g/mol. The van der Waals surface area contributed by atoms with Crippen LogP contribution in [-0.4, -0.2) is 41.9 Å². The van der Waals surface area contributed by atoms with Gasteiger partial charge in [-0.1, -0.05) is 231 Å². The standard InChI is InChI=1S/C46H89NO5S/c1-3-5-7-9-11-13-15-17-19-21-22-23-24-26-27-29-31-33-35-37-39-41-45(48)44(43-53(50,51)52)47-46(49)42-40-38-36-34-32-30-28-25-20-18-16-14-12-10-8-6-4-2/h31,33,39,41,44-45,48H,3-30,32,34-38,40,42-43H2,1-2H3,(H,47,49)(H,50,51,52)/b33-31+,41-39+. The summed E-state index contributed by atoms with van der Waals surface area (Å²) in [5, 5.41) is 13.3. The molecule has 2 atom stereocenters. The molecule has 6 nitrogen and oxygen atoms in total. The fourth-order valence-corrected chi connectivity index (χ4v) is 7.91. The van der Waals surface area contributed by atoms with E-state index in [1.54, 1.807) is 0 Å². The molecule has 314 valence electrons. The maximum absolute atomic E-state index is 12.5. The van der Waals surface area contributed by atoms with E-state index < -0.39 is 28.0 Å². The number of hydrogen-bond donors (Lipinski definition) is 3. The number of rotatable bonds is 42. The number of unbranched alkanes of at least 4 members (excludes halogenated alkanes) is 32. The summed E-state index contributed by atoms with van der Waals surface area (Å²) >= 11 is 0. The zero-order valence-electron chi connectivity index (χ0n) is 35.2. The average molecular weight is 768 g/mol. The molecule has 0 rings (SSSR count). The fourth-order valence-electron chi connectivity index (χ4n) is 7.17. The summed E-state index contributed by atoms with van der Waals surface area (Å²) in [6.07, 6.45) is 51.8. The Kier molecular flexibility index (Phi) is 39.6. The molecule has 2 unspecified atom stereocenters. The molecular weight excluding hydrogens is 679 g/mol. The van der Waals surface area contributed by atoms with Crippen molar-refractivity contribution in [1.29, 1.82) is 0 Å². The molecule has 0 aromatic carbocycles. The van der Waals surface area contributed by atoms with Crippen LogP contribution in [0.25, 0.3) is 0 Å². The number of aliphatic hydroxyl groups is 1. The Hall–Kier alpha value is -1.18. The number of hydrogen-bond acceptors (Lipinski definition) is 4. The molecule has 0 saturated heterocycles. The number of allylic oxidation sites excluding steroid dienone is 3. The third kappa shape index (κ3) is 41.8. The van der Waals surface area contributed by atoms with Crippen LogP contribution in [0.1, 0.15) is 245 Å². The predicted octanol–water partition coefficient (Wildman–Crippen LogP) is 13.9. The number of nitrogens with one attached hydrogen (secondary N) is 1. The van der Waals surface area contributed by atoms with Gasteiger partial charge >= 0.3 is 0 Å². The van der Waals surface area contributed by atoms with E-state index >= 15 is 0 Å². The molecule has 1 amide bonds. The van der Waals surface area contributed by atoms with Crippen LogP contribution < -0.4 is 5.32 Å². The van der Waals surface area contributed by atoms with E-state index in [1.807, 2.05) is 6.08 Å². The first-order valence-corrected chi connectivity index (χ1v) is 24.6. The Labute approximate surface area is 330 Å². The smallest absolute Gasteiger partial charge is 0.267 e. The zero-order chi connectivity index (χ0) is 38.9. The molecule has 0 aliphatic rings. The van der Waals surface area contributed by atoms with Gasteiger partial charge in [0, 0.05) is 6.42 Å². The van der Waals surface area contributed by atoms with Crippen molar-refractivity contribution < 1.29 is 22.9 Å². The Morgan fingerprint density at radius 1 is 0.491 bits per heavy atom. The second-order valence-electron chi connectivity index (χ2n) is 16.0. The minimum Gasteiger partial charge on any atom is -0.387 e. The predicted molar refractivity (Wildman–Crippen MR) is 230 cm³/mol. The highest BCUT2D eigenvalue weighted by atomic mass is 32.2. The minimum atomic E-state index is -4.35. The van der Waals surface area contributed by atoms with E-state index in [1.165, 1.54) is 192 Å². The topological polar surface area (TPSA) is 104 Å². The summed E-state index contributed by atoms with van der Waals surface area (Å²) in [6.45, 7) is 4.55. The molecule has 0 bridgehead atoms. The summed E-state index contributed by atoms with van der Waals surface area (Å²) in [6, 6.07) is -1.07. The Morgan fingerprint density at radius 3 is 1.19 bits per heavy atom. The molecular formula is C46H89NO5S. The molecule has 0 aliphatic heterocycles. The van der Waals surface area contributed by atoms with Gasteiger partial charge in [-0.15, -0.1) is 0 Å². The van der Waals surface area contributed by atoms with Gasteiger partial charge in [0.15, 0.2) is 0 Å². The van der Waals surface area contributed by atoms with Gasteiger partial charge in [0.2, 0.25) is 5.91 Å². The quantitative estimate of drug-likeness (QED) is 0.0326. The minimum absolute atomic E-state index is 0.284. The van der Waals surface area contributed by atoms with Crippen LogP contribution >= 0.6 is 0 Å². The second kappa shape index (κ2) is 40.5. The maximum Gasteiger partial charge on any atom is 0.267 e. The lowest BCUT2D eigenvalue weighted by Crippen LogP contribution is -2.46. The van der Waals surface area contributed by atoms with E-state index in [0.717, 1.165) is 38.5 Å². The summed E-state index contributed by atoms with van der Waals surface area (Å²) in [5.41, 5.74) is 0. The summed E-state index contributed by atoms with van der Waals surface area (Å²) < 4.78 is 32.6. The van der Waals surface area contributed by atoms with E-state index in [4.69, 9.17) is 0 Å². The van der Waals surface area contributed by atoms with Gasteiger partial charge in [0.25, 0.3) is 10.1 Å². The van der Waals surface area contributed by atoms with Crippen LogP contribution in [0.4, 0.5) is 0 Å². The van der Waals surface area contributed by atoms with Crippen LogP contribution in [0.2, 0.25) is 0 Å². The fraction of sp³-hybridized carbons (Fsp3) is 0.891. The number of aliphatic hydroxyl groups excluding tert-OH is 1. The lowest BCUT2D eigenvalue weighted by molar-refractivity contribution is -0.122. The first kappa shape index (κ1) is 51.8. The molecule has 0 aromatic heterocycles. The van der Waals surface area contributed by atoms with Gasteiger partial charge in [0.1, 0.15) is 0 Å². The van der Waals surface area contributed by atoms with E-state index in [9.17, 15) is 22.9 Å². The van der Waals surface area contributed by atoms with Crippen molar-refractivity contribution in [3.63, 3.8) is 0 Å². The number of carbonyl (C=O) groups is 1.